The fourth-order valence-electron chi connectivity index (χ4n) is 4.18. The van der Waals surface area contributed by atoms with Gasteiger partial charge in [-0.25, -0.2) is 16.8 Å². The monoisotopic (exact) mass is 760 g/mol. The molecule has 1 aliphatic rings. The molecule has 0 aromatic heterocycles. The molecule has 0 aliphatic carbocycles. The summed E-state index contributed by atoms with van der Waals surface area (Å²) >= 11 is 0. The van der Waals surface area contributed by atoms with Crippen molar-refractivity contribution in [1.29, 1.82) is 0 Å². The first kappa shape index (κ1) is 42.5. The van der Waals surface area contributed by atoms with Gasteiger partial charge in [-0.2, -0.15) is 26.3 Å². The van der Waals surface area contributed by atoms with Crippen molar-refractivity contribution in [3.8, 4) is 0 Å². The number of rotatable bonds is 6. The molecule has 3 aromatic rings. The predicted molar refractivity (Wildman–Crippen MR) is 157 cm³/mol. The molecule has 1 radical (unpaired) electrons. The predicted octanol–water partition coefficient (Wildman–Crippen LogP) is 4.61. The average Bonchev–Trinajstić information content (AvgIpc) is 3.05. The summed E-state index contributed by atoms with van der Waals surface area (Å²) < 4.78 is 118. The smallest absolute Gasteiger partial charge is 0.741 e. The maximum atomic E-state index is 10.7. The normalized spacial score (nSPS) is 15.7. The van der Waals surface area contributed by atoms with E-state index in [1.54, 1.807) is 0 Å². The van der Waals surface area contributed by atoms with Gasteiger partial charge in [0.05, 0.1) is 0 Å². The molecule has 0 N–H and O–H groups in total. The summed E-state index contributed by atoms with van der Waals surface area (Å²) in [5.41, 5.74) is -7.08. The molecule has 1 aliphatic heterocycles. The molecule has 0 bridgehead atoms. The Morgan fingerprint density at radius 2 is 0.638 bits per heavy atom. The zero-order valence-corrected chi connectivity index (χ0v) is 27.3. The van der Waals surface area contributed by atoms with E-state index in [4.69, 9.17) is 25.9 Å². The van der Waals surface area contributed by atoms with E-state index in [2.05, 4.69) is 106 Å². The Morgan fingerprint density at radius 3 is 0.787 bits per heavy atom. The number of halogens is 6. The molecule has 0 unspecified atom stereocenters. The quantitative estimate of drug-likeness (QED) is 0.154. The first-order valence-electron chi connectivity index (χ1n) is 13.7. The molecule has 0 spiro atoms. The van der Waals surface area contributed by atoms with Crippen LogP contribution in [0.25, 0.3) is 0 Å². The van der Waals surface area contributed by atoms with Crippen LogP contribution in [0.4, 0.5) is 26.3 Å². The average molecular weight is 761 g/mol. The minimum atomic E-state index is -6.09. The summed E-state index contributed by atoms with van der Waals surface area (Å²) in [6.45, 7) is 9.75. The molecule has 1 heterocycles. The molecule has 0 amide bonds. The standard InChI is InChI=1S/C27H33N3.2CHF3O3S.Cu/c1-4-10-25(11-5-1)22-28-16-18-29(23-26-12-6-2-7-13-26)20-21-30(19-17-28)24-27-14-8-3-9-15-27;2*2-1(3,4)8(5,6)7;/h1-15H,16-24H2;2*(H,5,6,7);/q;;;+2/p-2. The second kappa shape index (κ2) is 19.5. The van der Waals surface area contributed by atoms with Gasteiger partial charge in [-0.3, -0.25) is 14.7 Å². The molecule has 265 valence electrons. The SMILES string of the molecule is O=S(=O)([O-])C(F)(F)F.O=S(=O)([O-])C(F)(F)F.[Cu+2].c1ccc(CN2CCN(Cc3ccccc3)CCN(Cc3ccccc3)CC2)cc1. The number of hydrogen-bond acceptors (Lipinski definition) is 9. The van der Waals surface area contributed by atoms with E-state index in [1.807, 2.05) is 0 Å². The van der Waals surface area contributed by atoms with E-state index in [1.165, 1.54) is 16.7 Å². The zero-order valence-electron chi connectivity index (χ0n) is 24.7. The van der Waals surface area contributed by atoms with Crippen LogP contribution < -0.4 is 0 Å². The maximum Gasteiger partial charge on any atom is 2.00 e. The van der Waals surface area contributed by atoms with Crippen LogP contribution in [-0.4, -0.2) is 90.9 Å². The van der Waals surface area contributed by atoms with Gasteiger partial charge in [0.25, 0.3) is 0 Å². The molecular weight excluding hydrogens is 728 g/mol. The molecule has 3 aromatic carbocycles. The van der Waals surface area contributed by atoms with Crippen LogP contribution in [0.3, 0.4) is 0 Å². The van der Waals surface area contributed by atoms with Crippen LogP contribution in [0.15, 0.2) is 91.0 Å². The Labute approximate surface area is 281 Å². The largest absolute Gasteiger partial charge is 2.00 e. The van der Waals surface area contributed by atoms with Crippen LogP contribution in [-0.2, 0) is 56.9 Å². The number of alkyl halides is 6. The van der Waals surface area contributed by atoms with Crippen molar-refractivity contribution >= 4 is 20.2 Å². The molecule has 0 atom stereocenters. The Hall–Kier alpha value is -2.54. The molecule has 1 saturated heterocycles. The number of benzene rings is 3. The van der Waals surface area contributed by atoms with Gasteiger partial charge in [0.15, 0.2) is 20.2 Å². The van der Waals surface area contributed by atoms with Gasteiger partial charge in [0, 0.05) is 58.9 Å². The number of hydrogen-bond donors (Lipinski definition) is 0. The summed E-state index contributed by atoms with van der Waals surface area (Å²) in [6, 6.07) is 32.7. The minimum absolute atomic E-state index is 0. The van der Waals surface area contributed by atoms with Gasteiger partial charge >= 0.3 is 28.1 Å². The van der Waals surface area contributed by atoms with Crippen LogP contribution in [0.1, 0.15) is 16.7 Å². The van der Waals surface area contributed by atoms with Crippen LogP contribution in [0, 0.1) is 0 Å². The summed E-state index contributed by atoms with van der Waals surface area (Å²) in [4.78, 5) is 7.86. The van der Waals surface area contributed by atoms with E-state index < -0.39 is 31.3 Å². The van der Waals surface area contributed by atoms with Gasteiger partial charge in [0.1, 0.15) is 0 Å². The third-order valence-electron chi connectivity index (χ3n) is 6.51. The minimum Gasteiger partial charge on any atom is -0.741 e. The van der Waals surface area contributed by atoms with E-state index in [9.17, 15) is 26.3 Å². The first-order valence-corrected chi connectivity index (χ1v) is 16.5. The van der Waals surface area contributed by atoms with Crippen LogP contribution >= 0.6 is 0 Å². The molecule has 47 heavy (non-hydrogen) atoms. The topological polar surface area (TPSA) is 124 Å². The van der Waals surface area contributed by atoms with Crippen LogP contribution in [0.5, 0.6) is 0 Å². The van der Waals surface area contributed by atoms with Crippen molar-refractivity contribution in [2.24, 2.45) is 0 Å². The van der Waals surface area contributed by atoms with Crippen molar-refractivity contribution in [1.82, 2.24) is 14.7 Å². The Bertz CT molecular complexity index is 1350. The number of nitrogens with zero attached hydrogens (tertiary/aromatic N) is 3. The van der Waals surface area contributed by atoms with Crippen molar-refractivity contribution in [2.75, 3.05) is 39.3 Å². The van der Waals surface area contributed by atoms with Crippen molar-refractivity contribution in [3.63, 3.8) is 0 Å². The zero-order chi connectivity index (χ0) is 34.4. The van der Waals surface area contributed by atoms with Gasteiger partial charge in [-0.1, -0.05) is 91.0 Å². The van der Waals surface area contributed by atoms with E-state index >= 15 is 0 Å². The maximum absolute atomic E-state index is 10.7. The summed E-state index contributed by atoms with van der Waals surface area (Å²) in [5.74, 6) is 0. The molecule has 0 saturated carbocycles. The summed E-state index contributed by atoms with van der Waals surface area (Å²) in [6.07, 6.45) is 0. The van der Waals surface area contributed by atoms with Gasteiger partial charge < -0.3 is 9.11 Å². The molecule has 4 rings (SSSR count). The third kappa shape index (κ3) is 16.9. The summed E-state index contributed by atoms with van der Waals surface area (Å²) in [7, 11) is -12.2. The molecule has 18 heteroatoms. The van der Waals surface area contributed by atoms with Crippen LogP contribution in [0.2, 0.25) is 0 Å². The second-order valence-corrected chi connectivity index (χ2v) is 12.8. The third-order valence-corrected chi connectivity index (χ3v) is 7.65. The van der Waals surface area contributed by atoms with Crippen molar-refractivity contribution < 1.29 is 69.4 Å². The van der Waals surface area contributed by atoms with Gasteiger partial charge in [-0.15, -0.1) is 0 Å². The Morgan fingerprint density at radius 1 is 0.468 bits per heavy atom. The fourth-order valence-corrected chi connectivity index (χ4v) is 4.18. The van der Waals surface area contributed by atoms with E-state index in [0.717, 1.165) is 58.9 Å². The first-order chi connectivity index (χ1) is 21.3. The summed E-state index contributed by atoms with van der Waals surface area (Å²) in [5, 5.41) is 0. The van der Waals surface area contributed by atoms with Gasteiger partial charge in [0.2, 0.25) is 0 Å². The Kier molecular flexibility index (Phi) is 17.6. The van der Waals surface area contributed by atoms with E-state index in [0.29, 0.717) is 0 Å². The van der Waals surface area contributed by atoms with E-state index in [-0.39, 0.29) is 17.1 Å². The van der Waals surface area contributed by atoms with Gasteiger partial charge in [-0.05, 0) is 16.7 Å². The van der Waals surface area contributed by atoms with Crippen molar-refractivity contribution in [2.45, 2.75) is 30.7 Å². The molecule has 9 nitrogen and oxygen atoms in total. The van der Waals surface area contributed by atoms with Crippen molar-refractivity contribution in [3.05, 3.63) is 108 Å². The fraction of sp³-hybridized carbons (Fsp3) is 0.379. The Balaban J connectivity index is 0.000000541. The molecular formula is C29H33CuF6N3O6S2. The second-order valence-electron chi connectivity index (χ2n) is 10.1. The molecule has 1 fully saturated rings.